The Morgan fingerprint density at radius 1 is 1.45 bits per heavy atom. The highest BCUT2D eigenvalue weighted by molar-refractivity contribution is 5.78. The number of hydrogen-bond acceptors (Lipinski definition) is 2. The third kappa shape index (κ3) is 3.00. The van der Waals surface area contributed by atoms with Gasteiger partial charge in [0.1, 0.15) is 7.05 Å². The highest BCUT2D eigenvalue weighted by Crippen LogP contribution is 1.88. The molecular weight excluding hydrogens is 164 g/mol. The third-order valence-electron chi connectivity index (χ3n) is 1.21. The monoisotopic (exact) mass is 172 g/mol. The van der Waals surface area contributed by atoms with Crippen molar-refractivity contribution in [3.05, 3.63) is 30.1 Å². The summed E-state index contributed by atoms with van der Waals surface area (Å²) in [5.74, 6) is 0. The van der Waals surface area contributed by atoms with E-state index in [2.05, 4.69) is 5.16 Å². The van der Waals surface area contributed by atoms with Gasteiger partial charge in [-0.25, -0.2) is 4.57 Å². The number of nitrogens with zero attached hydrogens (tertiary/aromatic N) is 2. The van der Waals surface area contributed by atoms with E-state index in [0.717, 1.165) is 5.56 Å². The Morgan fingerprint density at radius 2 is 2.00 bits per heavy atom. The molecule has 0 spiro atoms. The van der Waals surface area contributed by atoms with Gasteiger partial charge in [-0.1, -0.05) is 5.16 Å². The van der Waals surface area contributed by atoms with E-state index in [9.17, 15) is 0 Å². The van der Waals surface area contributed by atoms with Crippen molar-refractivity contribution in [2.45, 2.75) is 0 Å². The largest absolute Gasteiger partial charge is 1.00 e. The molecule has 0 aliphatic rings. The van der Waals surface area contributed by atoms with Crippen LogP contribution in [0, 0.1) is 0 Å². The summed E-state index contributed by atoms with van der Waals surface area (Å²) in [4.78, 5) is 0. The van der Waals surface area contributed by atoms with Gasteiger partial charge in [0.15, 0.2) is 12.4 Å². The molecule has 0 atom stereocenters. The van der Waals surface area contributed by atoms with Crippen LogP contribution in [0.4, 0.5) is 0 Å². The molecular formula is C7H9ClN2O. The molecule has 11 heavy (non-hydrogen) atoms. The zero-order chi connectivity index (χ0) is 7.40. The summed E-state index contributed by atoms with van der Waals surface area (Å²) in [5.41, 5.74) is 0.889. The lowest BCUT2D eigenvalue weighted by Gasteiger charge is -1.86. The molecule has 0 bridgehead atoms. The van der Waals surface area contributed by atoms with Crippen LogP contribution in [0.3, 0.4) is 0 Å². The number of rotatable bonds is 1. The average Bonchev–Trinajstić information content (AvgIpc) is 1.95. The standard InChI is InChI=1S/C7H8N2O.ClH/c1-9-4-2-7(3-5-9)6-8-10;/h2-6H,1H3;1H. The van der Waals surface area contributed by atoms with Crippen molar-refractivity contribution in [3.8, 4) is 0 Å². The van der Waals surface area contributed by atoms with E-state index in [1.165, 1.54) is 6.21 Å². The molecule has 1 aromatic rings. The quantitative estimate of drug-likeness (QED) is 0.213. The van der Waals surface area contributed by atoms with E-state index >= 15 is 0 Å². The Hall–Kier alpha value is -1.09. The van der Waals surface area contributed by atoms with Crippen molar-refractivity contribution in [1.29, 1.82) is 0 Å². The third-order valence-corrected chi connectivity index (χ3v) is 1.21. The van der Waals surface area contributed by atoms with Gasteiger partial charge in [0.25, 0.3) is 0 Å². The Bertz CT molecular complexity index is 233. The van der Waals surface area contributed by atoms with Crippen molar-refractivity contribution in [1.82, 2.24) is 0 Å². The molecule has 0 saturated carbocycles. The number of halogens is 1. The molecule has 0 fully saturated rings. The number of pyridine rings is 1. The van der Waals surface area contributed by atoms with Gasteiger partial charge in [-0.05, 0) is 0 Å². The first-order valence-corrected chi connectivity index (χ1v) is 2.95. The first-order chi connectivity index (χ1) is 4.83. The van der Waals surface area contributed by atoms with Crippen molar-refractivity contribution in [2.75, 3.05) is 0 Å². The van der Waals surface area contributed by atoms with E-state index in [-0.39, 0.29) is 12.4 Å². The van der Waals surface area contributed by atoms with Gasteiger partial charge >= 0.3 is 0 Å². The van der Waals surface area contributed by atoms with Gasteiger partial charge in [-0.15, -0.1) is 0 Å². The maximum Gasteiger partial charge on any atom is 0.169 e. The van der Waals surface area contributed by atoms with Crippen LogP contribution in [0.15, 0.2) is 29.7 Å². The van der Waals surface area contributed by atoms with Gasteiger partial charge in [0.05, 0.1) is 6.21 Å². The van der Waals surface area contributed by atoms with Crippen LogP contribution in [0.25, 0.3) is 0 Å². The topological polar surface area (TPSA) is 36.5 Å². The molecule has 0 saturated heterocycles. The second kappa shape index (κ2) is 4.68. The molecule has 0 aromatic carbocycles. The molecule has 0 aliphatic carbocycles. The van der Waals surface area contributed by atoms with Gasteiger partial charge in [0, 0.05) is 17.7 Å². The Labute approximate surface area is 71.4 Å². The van der Waals surface area contributed by atoms with Crippen LogP contribution >= 0.6 is 0 Å². The first-order valence-electron chi connectivity index (χ1n) is 2.95. The number of aryl methyl sites for hydroxylation is 1. The zero-order valence-corrected chi connectivity index (χ0v) is 6.86. The SMILES string of the molecule is C[n+]1ccc(C=NO)cc1.[Cl-]. The van der Waals surface area contributed by atoms with E-state index in [4.69, 9.17) is 5.21 Å². The summed E-state index contributed by atoms with van der Waals surface area (Å²) in [5, 5.41) is 11.1. The normalized spacial score (nSPS) is 9.55. The van der Waals surface area contributed by atoms with Crippen molar-refractivity contribution in [2.24, 2.45) is 12.2 Å². The molecule has 4 heteroatoms. The number of hydrogen-bond donors (Lipinski definition) is 1. The molecule has 60 valence electrons. The van der Waals surface area contributed by atoms with Crippen LogP contribution in [-0.2, 0) is 7.05 Å². The number of aromatic nitrogens is 1. The Kier molecular flexibility index (Phi) is 4.22. The van der Waals surface area contributed by atoms with Gasteiger partial charge < -0.3 is 17.6 Å². The van der Waals surface area contributed by atoms with E-state index in [1.54, 1.807) is 0 Å². The molecule has 0 aliphatic heterocycles. The summed E-state index contributed by atoms with van der Waals surface area (Å²) in [6.07, 6.45) is 5.16. The summed E-state index contributed by atoms with van der Waals surface area (Å²) < 4.78 is 1.91. The fourth-order valence-corrected chi connectivity index (χ4v) is 0.665. The van der Waals surface area contributed by atoms with E-state index in [0.29, 0.717) is 0 Å². The first kappa shape index (κ1) is 9.91. The summed E-state index contributed by atoms with van der Waals surface area (Å²) in [7, 11) is 1.93. The summed E-state index contributed by atoms with van der Waals surface area (Å²) in [6.45, 7) is 0. The molecule has 0 unspecified atom stereocenters. The molecule has 0 amide bonds. The average molecular weight is 173 g/mol. The van der Waals surface area contributed by atoms with Crippen LogP contribution in [0.5, 0.6) is 0 Å². The minimum Gasteiger partial charge on any atom is -1.00 e. The van der Waals surface area contributed by atoms with Crippen LogP contribution < -0.4 is 17.0 Å². The fourth-order valence-electron chi connectivity index (χ4n) is 0.665. The van der Waals surface area contributed by atoms with Crippen LogP contribution in [-0.4, -0.2) is 11.4 Å². The van der Waals surface area contributed by atoms with Gasteiger partial charge in [0.2, 0.25) is 0 Å². The van der Waals surface area contributed by atoms with Gasteiger partial charge in [-0.2, -0.15) is 0 Å². The number of oxime groups is 1. The van der Waals surface area contributed by atoms with Crippen molar-refractivity contribution < 1.29 is 22.2 Å². The second-order valence-electron chi connectivity index (χ2n) is 2.04. The predicted molar refractivity (Wildman–Crippen MR) is 37.0 cm³/mol. The van der Waals surface area contributed by atoms with Gasteiger partial charge in [-0.3, -0.25) is 0 Å². The summed E-state index contributed by atoms with van der Waals surface area (Å²) >= 11 is 0. The fraction of sp³-hybridized carbons (Fsp3) is 0.143. The molecule has 1 heterocycles. The van der Waals surface area contributed by atoms with Crippen LogP contribution in [0.2, 0.25) is 0 Å². The van der Waals surface area contributed by atoms with Crippen molar-refractivity contribution >= 4 is 6.21 Å². The Morgan fingerprint density at radius 3 is 2.45 bits per heavy atom. The van der Waals surface area contributed by atoms with Crippen LogP contribution in [0.1, 0.15) is 5.56 Å². The minimum atomic E-state index is 0. The molecule has 0 radical (unpaired) electrons. The molecule has 1 N–H and O–H groups in total. The smallest absolute Gasteiger partial charge is 0.169 e. The highest BCUT2D eigenvalue weighted by Gasteiger charge is 1.90. The maximum atomic E-state index is 8.15. The maximum absolute atomic E-state index is 8.15. The minimum absolute atomic E-state index is 0. The van der Waals surface area contributed by atoms with E-state index in [1.807, 2.05) is 36.1 Å². The lowest BCUT2D eigenvalue weighted by atomic mass is 10.3. The van der Waals surface area contributed by atoms with Crippen molar-refractivity contribution in [3.63, 3.8) is 0 Å². The lowest BCUT2D eigenvalue weighted by Crippen LogP contribution is -3.00. The molecule has 1 aromatic heterocycles. The predicted octanol–water partition coefficient (Wildman–Crippen LogP) is -2.68. The second-order valence-corrected chi connectivity index (χ2v) is 2.04. The zero-order valence-electron chi connectivity index (χ0n) is 6.11. The molecule has 1 rings (SSSR count). The lowest BCUT2D eigenvalue weighted by molar-refractivity contribution is -0.671. The molecule has 3 nitrogen and oxygen atoms in total. The Balaban J connectivity index is 0.000001000. The summed E-state index contributed by atoms with van der Waals surface area (Å²) in [6, 6.07) is 3.72. The van der Waals surface area contributed by atoms with E-state index < -0.39 is 0 Å². The highest BCUT2D eigenvalue weighted by atomic mass is 35.5.